The minimum absolute atomic E-state index is 1.15. The molecule has 10 heavy (non-hydrogen) atoms. The van der Waals surface area contributed by atoms with Crippen LogP contribution in [0.25, 0.3) is 0 Å². The van der Waals surface area contributed by atoms with Gasteiger partial charge in [0, 0.05) is 18.2 Å². The Morgan fingerprint density at radius 1 is 1.70 bits per heavy atom. The highest BCUT2D eigenvalue weighted by atomic mass is 32.2. The predicted molar refractivity (Wildman–Crippen MR) is 47.8 cm³/mol. The van der Waals surface area contributed by atoms with Crippen LogP contribution in [0.5, 0.6) is 0 Å². The lowest BCUT2D eigenvalue weighted by Crippen LogP contribution is -2.02. The molecule has 0 aliphatic carbocycles. The van der Waals surface area contributed by atoms with Crippen LogP contribution in [0, 0.1) is 0 Å². The number of unbranched alkanes of at least 4 members (excludes halogenated alkanes) is 1. The molecule has 0 bridgehead atoms. The lowest BCUT2D eigenvalue weighted by atomic mass is 10.2. The lowest BCUT2D eigenvalue weighted by Gasteiger charge is -2.01. The molecule has 0 aromatic heterocycles. The number of nitrogens with zero attached hydrogens (tertiary/aromatic N) is 1. The Labute approximate surface area is 67.5 Å². The van der Waals surface area contributed by atoms with E-state index in [2.05, 4.69) is 25.1 Å². The standard InChI is InChI=1S/C8H15NS/c1-3-4-5-8-6-9(2)7-10-8/h6H,3-5,7H2,1-2H3. The number of thioether (sulfide) groups is 1. The second-order valence-electron chi connectivity index (χ2n) is 2.73. The monoisotopic (exact) mass is 157 g/mol. The van der Waals surface area contributed by atoms with Crippen molar-refractivity contribution in [1.29, 1.82) is 0 Å². The van der Waals surface area contributed by atoms with Crippen molar-refractivity contribution < 1.29 is 0 Å². The van der Waals surface area contributed by atoms with Crippen molar-refractivity contribution in [3.8, 4) is 0 Å². The second-order valence-corrected chi connectivity index (χ2v) is 3.80. The number of rotatable bonds is 3. The quantitative estimate of drug-likeness (QED) is 0.619. The van der Waals surface area contributed by atoms with Gasteiger partial charge in [0.25, 0.3) is 0 Å². The van der Waals surface area contributed by atoms with Gasteiger partial charge in [0.15, 0.2) is 0 Å². The van der Waals surface area contributed by atoms with Gasteiger partial charge in [0.2, 0.25) is 0 Å². The first-order chi connectivity index (χ1) is 4.83. The van der Waals surface area contributed by atoms with E-state index in [9.17, 15) is 0 Å². The molecule has 0 aromatic carbocycles. The highest BCUT2D eigenvalue weighted by Gasteiger charge is 2.07. The molecule has 1 rings (SSSR count). The Bertz CT molecular complexity index is 131. The van der Waals surface area contributed by atoms with Gasteiger partial charge in [-0.25, -0.2) is 0 Å². The average Bonchev–Trinajstić information content (AvgIpc) is 2.31. The van der Waals surface area contributed by atoms with Crippen molar-refractivity contribution in [1.82, 2.24) is 4.90 Å². The Balaban J connectivity index is 2.22. The van der Waals surface area contributed by atoms with Gasteiger partial charge in [0.1, 0.15) is 0 Å². The normalized spacial score (nSPS) is 17.8. The summed E-state index contributed by atoms with van der Waals surface area (Å²) in [7, 11) is 2.13. The molecule has 0 fully saturated rings. The number of allylic oxidation sites excluding steroid dienone is 1. The molecule has 0 N–H and O–H groups in total. The van der Waals surface area contributed by atoms with Gasteiger partial charge in [-0.05, 0) is 12.8 Å². The summed E-state index contributed by atoms with van der Waals surface area (Å²) in [5.74, 6) is 1.15. The van der Waals surface area contributed by atoms with Crippen molar-refractivity contribution in [2.45, 2.75) is 26.2 Å². The largest absolute Gasteiger partial charge is 0.370 e. The zero-order valence-corrected chi connectivity index (χ0v) is 7.58. The molecule has 0 radical (unpaired) electrons. The Morgan fingerprint density at radius 3 is 3.00 bits per heavy atom. The molecule has 2 heteroatoms. The van der Waals surface area contributed by atoms with E-state index in [-0.39, 0.29) is 0 Å². The predicted octanol–water partition coefficient (Wildman–Crippen LogP) is 2.65. The number of hydrogen-bond donors (Lipinski definition) is 0. The van der Waals surface area contributed by atoms with Gasteiger partial charge < -0.3 is 4.90 Å². The van der Waals surface area contributed by atoms with E-state index in [4.69, 9.17) is 0 Å². The minimum Gasteiger partial charge on any atom is -0.370 e. The summed E-state index contributed by atoms with van der Waals surface area (Å²) < 4.78 is 0. The van der Waals surface area contributed by atoms with Gasteiger partial charge in [-0.2, -0.15) is 0 Å². The van der Waals surface area contributed by atoms with E-state index < -0.39 is 0 Å². The average molecular weight is 157 g/mol. The van der Waals surface area contributed by atoms with Crippen LogP contribution < -0.4 is 0 Å². The summed E-state index contributed by atoms with van der Waals surface area (Å²) >= 11 is 1.98. The van der Waals surface area contributed by atoms with Gasteiger partial charge >= 0.3 is 0 Å². The molecule has 0 saturated heterocycles. The number of hydrogen-bond acceptors (Lipinski definition) is 2. The zero-order chi connectivity index (χ0) is 7.40. The van der Waals surface area contributed by atoms with Gasteiger partial charge in [0.05, 0.1) is 5.88 Å². The molecule has 0 saturated carbocycles. The van der Waals surface area contributed by atoms with Gasteiger partial charge in [-0.15, -0.1) is 11.8 Å². The van der Waals surface area contributed by atoms with E-state index in [1.165, 1.54) is 19.3 Å². The van der Waals surface area contributed by atoms with Crippen LogP contribution in [0.1, 0.15) is 26.2 Å². The van der Waals surface area contributed by atoms with Crippen molar-refractivity contribution in [3.63, 3.8) is 0 Å². The molecule has 1 aliphatic rings. The molecular formula is C8H15NS. The molecule has 1 aliphatic heterocycles. The second kappa shape index (κ2) is 3.91. The maximum Gasteiger partial charge on any atom is 0.0674 e. The molecule has 1 nitrogen and oxygen atoms in total. The first kappa shape index (κ1) is 7.99. The maximum absolute atomic E-state index is 2.26. The third-order valence-corrected chi connectivity index (χ3v) is 2.81. The molecule has 58 valence electrons. The first-order valence-corrected chi connectivity index (χ1v) is 4.85. The van der Waals surface area contributed by atoms with Crippen LogP contribution in [-0.4, -0.2) is 17.8 Å². The van der Waals surface area contributed by atoms with E-state index in [0.717, 1.165) is 5.88 Å². The molecule has 0 unspecified atom stereocenters. The SMILES string of the molecule is CCCCC1=CN(C)CS1. The van der Waals surface area contributed by atoms with Crippen LogP contribution >= 0.6 is 11.8 Å². The first-order valence-electron chi connectivity index (χ1n) is 3.86. The van der Waals surface area contributed by atoms with Crippen molar-refractivity contribution in [2.75, 3.05) is 12.9 Å². The fourth-order valence-electron chi connectivity index (χ4n) is 0.993. The van der Waals surface area contributed by atoms with E-state index in [1.54, 1.807) is 4.91 Å². The Morgan fingerprint density at radius 2 is 2.50 bits per heavy atom. The molecule has 0 aromatic rings. The summed E-state index contributed by atoms with van der Waals surface area (Å²) in [5.41, 5.74) is 0. The maximum atomic E-state index is 2.26. The summed E-state index contributed by atoms with van der Waals surface area (Å²) in [6.07, 6.45) is 6.19. The van der Waals surface area contributed by atoms with Crippen molar-refractivity contribution in [3.05, 3.63) is 11.1 Å². The van der Waals surface area contributed by atoms with Gasteiger partial charge in [-0.3, -0.25) is 0 Å². The van der Waals surface area contributed by atoms with Crippen LogP contribution in [0.3, 0.4) is 0 Å². The lowest BCUT2D eigenvalue weighted by molar-refractivity contribution is 0.548. The molecule has 0 atom stereocenters. The highest BCUT2D eigenvalue weighted by molar-refractivity contribution is 8.03. The van der Waals surface area contributed by atoms with Crippen LogP contribution in [0.2, 0.25) is 0 Å². The topological polar surface area (TPSA) is 3.24 Å². The van der Waals surface area contributed by atoms with E-state index >= 15 is 0 Å². The molecule has 0 spiro atoms. The summed E-state index contributed by atoms with van der Waals surface area (Å²) in [6, 6.07) is 0. The smallest absolute Gasteiger partial charge is 0.0674 e. The fraction of sp³-hybridized carbons (Fsp3) is 0.750. The summed E-state index contributed by atoms with van der Waals surface area (Å²) in [5, 5.41) is 0. The van der Waals surface area contributed by atoms with Crippen LogP contribution in [0.4, 0.5) is 0 Å². The Hall–Kier alpha value is -0.110. The van der Waals surface area contributed by atoms with E-state index in [1.807, 2.05) is 11.8 Å². The third-order valence-electron chi connectivity index (χ3n) is 1.59. The molecular weight excluding hydrogens is 142 g/mol. The Kier molecular flexibility index (Phi) is 3.13. The van der Waals surface area contributed by atoms with E-state index in [0.29, 0.717) is 0 Å². The third kappa shape index (κ3) is 2.25. The van der Waals surface area contributed by atoms with Crippen LogP contribution in [0.15, 0.2) is 11.1 Å². The summed E-state index contributed by atoms with van der Waals surface area (Å²) in [4.78, 5) is 3.81. The molecule has 0 amide bonds. The van der Waals surface area contributed by atoms with Crippen LogP contribution in [-0.2, 0) is 0 Å². The zero-order valence-electron chi connectivity index (χ0n) is 6.76. The summed E-state index contributed by atoms with van der Waals surface area (Å²) in [6.45, 7) is 2.24. The van der Waals surface area contributed by atoms with Gasteiger partial charge in [-0.1, -0.05) is 13.3 Å². The van der Waals surface area contributed by atoms with Crippen molar-refractivity contribution in [2.24, 2.45) is 0 Å². The van der Waals surface area contributed by atoms with Crippen molar-refractivity contribution >= 4 is 11.8 Å². The minimum atomic E-state index is 1.15. The molecule has 1 heterocycles. The highest BCUT2D eigenvalue weighted by Crippen LogP contribution is 2.28. The fourth-order valence-corrected chi connectivity index (χ4v) is 1.98.